The van der Waals surface area contributed by atoms with Crippen molar-refractivity contribution in [3.05, 3.63) is 61.1 Å². The van der Waals surface area contributed by atoms with E-state index < -0.39 is 17.6 Å². The van der Waals surface area contributed by atoms with E-state index >= 15 is 0 Å². The Morgan fingerprint density at radius 2 is 1.77 bits per heavy atom. The highest BCUT2D eigenvalue weighted by Gasteiger charge is 2.38. The number of benzene rings is 1. The van der Waals surface area contributed by atoms with Crippen molar-refractivity contribution in [3.8, 4) is 16.4 Å². The summed E-state index contributed by atoms with van der Waals surface area (Å²) >= 11 is 5.41. The largest absolute Gasteiger partial charge is 0.450 e. The highest BCUT2D eigenvalue weighted by molar-refractivity contribution is 9.10. The van der Waals surface area contributed by atoms with Gasteiger partial charge >= 0.3 is 6.18 Å². The van der Waals surface area contributed by atoms with Crippen LogP contribution >= 0.6 is 38.6 Å². The molecule has 0 fully saturated rings. The number of alkyl halides is 3. The Morgan fingerprint density at radius 3 is 2.46 bits per heavy atom. The lowest BCUT2D eigenvalue weighted by molar-refractivity contribution is -0.146. The van der Waals surface area contributed by atoms with Gasteiger partial charge in [-0.05, 0) is 12.1 Å². The highest BCUT2D eigenvalue weighted by Crippen LogP contribution is 2.32. The number of aromatic nitrogens is 3. The summed E-state index contributed by atoms with van der Waals surface area (Å²) in [6.45, 7) is 0. The molecule has 3 heterocycles. The molecule has 0 amide bonds. The fourth-order valence-electron chi connectivity index (χ4n) is 2.41. The Balaban J connectivity index is 1.93. The van der Waals surface area contributed by atoms with Gasteiger partial charge in [-0.15, -0.1) is 22.7 Å². The molecule has 4 aromatic rings. The van der Waals surface area contributed by atoms with E-state index in [0.717, 1.165) is 32.7 Å². The molecule has 4 nitrogen and oxygen atoms in total. The third kappa shape index (κ3) is 2.97. The zero-order valence-electron chi connectivity index (χ0n) is 12.6. The Labute approximate surface area is 160 Å². The van der Waals surface area contributed by atoms with Crippen LogP contribution in [0.1, 0.15) is 5.82 Å². The monoisotopic (exact) mass is 457 g/mol. The fraction of sp³-hybridized carbons (Fsp3) is 0.0625. The molecule has 0 radical (unpaired) electrons. The minimum Gasteiger partial charge on any atom is -0.268 e. The first-order valence-electron chi connectivity index (χ1n) is 7.12. The quantitative estimate of drug-likeness (QED) is 0.407. The van der Waals surface area contributed by atoms with Crippen molar-refractivity contribution < 1.29 is 13.2 Å². The van der Waals surface area contributed by atoms with E-state index in [2.05, 4.69) is 25.9 Å². The van der Waals surface area contributed by atoms with Crippen LogP contribution in [0.4, 0.5) is 13.2 Å². The number of rotatable bonds is 2. The van der Waals surface area contributed by atoms with E-state index in [9.17, 15) is 18.0 Å². The van der Waals surface area contributed by atoms with Gasteiger partial charge in [0.25, 0.3) is 5.56 Å². The molecule has 132 valence electrons. The highest BCUT2D eigenvalue weighted by atomic mass is 79.9. The van der Waals surface area contributed by atoms with Crippen molar-refractivity contribution in [2.45, 2.75) is 6.18 Å². The molecule has 1 aromatic carbocycles. The molecule has 0 saturated heterocycles. The summed E-state index contributed by atoms with van der Waals surface area (Å²) in [7, 11) is 0. The Kier molecular flexibility index (Phi) is 4.20. The van der Waals surface area contributed by atoms with Gasteiger partial charge in [-0.25, -0.2) is 14.5 Å². The molecular weight excluding hydrogens is 451 g/mol. The summed E-state index contributed by atoms with van der Waals surface area (Å²) < 4.78 is 41.8. The molecule has 3 aromatic heterocycles. The van der Waals surface area contributed by atoms with Gasteiger partial charge in [-0.1, -0.05) is 28.1 Å². The smallest absolute Gasteiger partial charge is 0.268 e. The number of thiophene rings is 1. The zero-order valence-corrected chi connectivity index (χ0v) is 15.8. The predicted octanol–water partition coefficient (Wildman–Crippen LogP) is 5.35. The number of thiazole rings is 1. The summed E-state index contributed by atoms with van der Waals surface area (Å²) in [4.78, 5) is 20.5. The van der Waals surface area contributed by atoms with Gasteiger partial charge in [0.1, 0.15) is 0 Å². The molecule has 0 N–H and O–H groups in total. The fourth-order valence-corrected chi connectivity index (χ4v) is 4.24. The lowest BCUT2D eigenvalue weighted by Gasteiger charge is -2.12. The molecule has 0 unspecified atom stereocenters. The first kappa shape index (κ1) is 17.4. The number of hydrogen-bond acceptors (Lipinski definition) is 5. The van der Waals surface area contributed by atoms with Gasteiger partial charge in [0.2, 0.25) is 5.82 Å². The van der Waals surface area contributed by atoms with Gasteiger partial charge in [0.15, 0.2) is 5.13 Å². The maximum Gasteiger partial charge on any atom is 0.450 e. The van der Waals surface area contributed by atoms with Crippen LogP contribution in [0.25, 0.3) is 27.3 Å². The van der Waals surface area contributed by atoms with Crippen molar-refractivity contribution in [2.24, 2.45) is 0 Å². The molecule has 0 spiro atoms. The van der Waals surface area contributed by atoms with Crippen LogP contribution in [0, 0.1) is 0 Å². The third-order valence-electron chi connectivity index (χ3n) is 3.59. The summed E-state index contributed by atoms with van der Waals surface area (Å²) in [5.74, 6) is -1.27. The minimum absolute atomic E-state index is 0.0354. The maximum atomic E-state index is 13.5. The molecule has 0 aliphatic rings. The third-order valence-corrected chi connectivity index (χ3v) is 5.68. The van der Waals surface area contributed by atoms with Gasteiger partial charge in [0.05, 0.1) is 16.6 Å². The molecule has 10 heteroatoms. The number of halogens is 4. The van der Waals surface area contributed by atoms with Crippen molar-refractivity contribution in [1.82, 2.24) is 14.5 Å². The van der Waals surface area contributed by atoms with Gasteiger partial charge in [-0.2, -0.15) is 13.2 Å². The average molecular weight is 458 g/mol. The molecular formula is C16H7BrF3N3OS2. The van der Waals surface area contributed by atoms with Crippen LogP contribution < -0.4 is 5.56 Å². The summed E-state index contributed by atoms with van der Waals surface area (Å²) in [6.07, 6.45) is -4.78. The van der Waals surface area contributed by atoms with E-state index in [-0.39, 0.29) is 16.0 Å². The Hall–Kier alpha value is -2.04. The first-order chi connectivity index (χ1) is 12.3. The molecule has 0 saturated carbocycles. The second kappa shape index (κ2) is 6.29. The predicted molar refractivity (Wildman–Crippen MR) is 99.0 cm³/mol. The van der Waals surface area contributed by atoms with Crippen LogP contribution in [0.15, 0.2) is 49.7 Å². The van der Waals surface area contributed by atoms with E-state index in [4.69, 9.17) is 0 Å². The standard InChI is InChI=1S/C16H7BrF3N3OS2/c17-9-3-1-8(2-4-9)11-7-26-15(22-11)23-13(24)10-5-25-6-12(10)21-14(23)16(18,19)20/h1-7H. The van der Waals surface area contributed by atoms with Crippen LogP contribution in [0.2, 0.25) is 0 Å². The Bertz CT molecular complexity index is 1160. The van der Waals surface area contributed by atoms with Crippen molar-refractivity contribution in [3.63, 3.8) is 0 Å². The van der Waals surface area contributed by atoms with E-state index in [0.29, 0.717) is 10.3 Å². The number of fused-ring (bicyclic) bond motifs is 1. The summed E-state index contributed by atoms with van der Waals surface area (Å²) in [5.41, 5.74) is 0.485. The zero-order chi connectivity index (χ0) is 18.5. The second-order valence-corrected chi connectivity index (χ2v) is 7.76. The van der Waals surface area contributed by atoms with E-state index in [1.54, 1.807) is 29.6 Å². The Morgan fingerprint density at radius 1 is 1.04 bits per heavy atom. The van der Waals surface area contributed by atoms with Gasteiger partial charge < -0.3 is 0 Å². The summed E-state index contributed by atoms with van der Waals surface area (Å²) in [5, 5.41) is 4.60. The van der Waals surface area contributed by atoms with Crippen LogP contribution in [-0.4, -0.2) is 14.5 Å². The molecule has 4 rings (SSSR count). The second-order valence-electron chi connectivity index (χ2n) is 5.27. The van der Waals surface area contributed by atoms with E-state index in [1.807, 2.05) is 0 Å². The number of hydrogen-bond donors (Lipinski definition) is 0. The maximum absolute atomic E-state index is 13.5. The lowest BCUT2D eigenvalue weighted by atomic mass is 10.2. The van der Waals surface area contributed by atoms with Crippen molar-refractivity contribution >= 4 is 49.5 Å². The number of nitrogens with zero attached hydrogens (tertiary/aromatic N) is 3. The van der Waals surface area contributed by atoms with Crippen LogP contribution in [0.3, 0.4) is 0 Å². The van der Waals surface area contributed by atoms with Crippen LogP contribution in [0.5, 0.6) is 0 Å². The first-order valence-corrected chi connectivity index (χ1v) is 9.74. The summed E-state index contributed by atoms with van der Waals surface area (Å²) in [6, 6.07) is 7.19. The topological polar surface area (TPSA) is 47.8 Å². The van der Waals surface area contributed by atoms with Crippen molar-refractivity contribution in [2.75, 3.05) is 0 Å². The lowest BCUT2D eigenvalue weighted by Crippen LogP contribution is -2.28. The molecule has 0 atom stereocenters. The average Bonchev–Trinajstić information content (AvgIpc) is 3.23. The molecule has 26 heavy (non-hydrogen) atoms. The molecule has 0 aliphatic heterocycles. The molecule has 0 aliphatic carbocycles. The van der Waals surface area contributed by atoms with Crippen molar-refractivity contribution in [1.29, 1.82) is 0 Å². The normalized spacial score (nSPS) is 12.0. The van der Waals surface area contributed by atoms with Gasteiger partial charge in [-0.3, -0.25) is 4.79 Å². The SMILES string of the molecule is O=c1c2cscc2nc(C(F)(F)F)n1-c1nc(-c2ccc(Br)cc2)cs1. The van der Waals surface area contributed by atoms with Crippen LogP contribution in [-0.2, 0) is 6.18 Å². The van der Waals surface area contributed by atoms with E-state index in [1.165, 1.54) is 10.8 Å². The van der Waals surface area contributed by atoms with Gasteiger partial charge in [0, 0.05) is 26.2 Å². The minimum atomic E-state index is -4.78. The molecule has 0 bridgehead atoms.